The molecule has 1 aliphatic rings. The summed E-state index contributed by atoms with van der Waals surface area (Å²) in [5.74, 6) is 0. The van der Waals surface area contributed by atoms with Gasteiger partial charge in [0.2, 0.25) is 0 Å². The minimum absolute atomic E-state index is 0.326. The molecule has 0 aliphatic carbocycles. The van der Waals surface area contributed by atoms with Crippen LogP contribution in [0.15, 0.2) is 29.4 Å². The zero-order valence-electron chi connectivity index (χ0n) is 8.40. The van der Waals surface area contributed by atoms with E-state index in [9.17, 15) is 0 Å². The van der Waals surface area contributed by atoms with Crippen molar-refractivity contribution in [3.05, 3.63) is 24.3 Å². The van der Waals surface area contributed by atoms with Crippen LogP contribution in [-0.4, -0.2) is 18.7 Å². The van der Waals surface area contributed by atoms with Crippen LogP contribution in [0.25, 0.3) is 11.0 Å². The van der Waals surface area contributed by atoms with Crippen molar-refractivity contribution in [1.29, 1.82) is 0 Å². The maximum absolute atomic E-state index is 4.66. The van der Waals surface area contributed by atoms with E-state index in [1.807, 2.05) is 17.8 Å². The lowest BCUT2D eigenvalue weighted by molar-refractivity contribution is 0.594. The molecule has 2 nitrogen and oxygen atoms in total. The summed E-state index contributed by atoms with van der Waals surface area (Å²) in [7, 11) is 0. The lowest BCUT2D eigenvalue weighted by Crippen LogP contribution is -2.22. The molecular weight excluding hydrogens is 319 g/mol. The standard InChI is InChI=1S/C11H11IN2S/c1-11(6-12)7-14-9-5-3-2-4-8(9)13-10(14)15-11/h2-5H,6-7H2,1H3. The molecule has 1 aliphatic heterocycles. The first-order chi connectivity index (χ1) is 7.22. The fourth-order valence-corrected chi connectivity index (χ4v) is 3.76. The van der Waals surface area contributed by atoms with Crippen LogP contribution in [-0.2, 0) is 6.54 Å². The summed E-state index contributed by atoms with van der Waals surface area (Å²) in [4.78, 5) is 4.66. The number of hydrogen-bond acceptors (Lipinski definition) is 2. The minimum atomic E-state index is 0.326. The Morgan fingerprint density at radius 2 is 2.33 bits per heavy atom. The average Bonchev–Trinajstić information content (AvgIpc) is 2.72. The van der Waals surface area contributed by atoms with Crippen molar-refractivity contribution in [3.63, 3.8) is 0 Å². The van der Waals surface area contributed by atoms with Gasteiger partial charge in [0, 0.05) is 15.7 Å². The number of benzene rings is 1. The molecule has 0 saturated carbocycles. The Morgan fingerprint density at radius 3 is 3.13 bits per heavy atom. The summed E-state index contributed by atoms with van der Waals surface area (Å²) >= 11 is 4.37. The third-order valence-corrected chi connectivity index (χ3v) is 6.19. The maximum Gasteiger partial charge on any atom is 0.169 e. The molecule has 0 bridgehead atoms. The molecule has 2 aromatic rings. The molecule has 3 rings (SSSR count). The van der Waals surface area contributed by atoms with Gasteiger partial charge < -0.3 is 4.57 Å². The Balaban J connectivity index is 2.16. The summed E-state index contributed by atoms with van der Waals surface area (Å²) in [6.45, 7) is 3.39. The molecule has 1 atom stereocenters. The number of hydrogen-bond donors (Lipinski definition) is 0. The molecule has 0 fully saturated rings. The molecular formula is C11H11IN2S. The Morgan fingerprint density at radius 1 is 1.53 bits per heavy atom. The van der Waals surface area contributed by atoms with E-state index in [0.717, 1.165) is 16.5 Å². The topological polar surface area (TPSA) is 17.8 Å². The number of rotatable bonds is 1. The number of fused-ring (bicyclic) bond motifs is 3. The molecule has 0 N–H and O–H groups in total. The van der Waals surface area contributed by atoms with Gasteiger partial charge in [-0.15, -0.1) is 0 Å². The highest BCUT2D eigenvalue weighted by atomic mass is 127. The number of thioether (sulfide) groups is 1. The number of imidazole rings is 1. The second kappa shape index (κ2) is 3.38. The maximum atomic E-state index is 4.66. The zero-order valence-corrected chi connectivity index (χ0v) is 11.4. The fraction of sp³-hybridized carbons (Fsp3) is 0.364. The van der Waals surface area contributed by atoms with Gasteiger partial charge in [0.1, 0.15) is 0 Å². The van der Waals surface area contributed by atoms with E-state index in [2.05, 4.69) is 57.3 Å². The van der Waals surface area contributed by atoms with Crippen molar-refractivity contribution < 1.29 is 0 Å². The number of para-hydroxylation sites is 2. The number of halogens is 1. The quantitative estimate of drug-likeness (QED) is 0.590. The molecule has 1 aromatic heterocycles. The van der Waals surface area contributed by atoms with E-state index in [4.69, 9.17) is 0 Å². The van der Waals surface area contributed by atoms with E-state index in [1.165, 1.54) is 10.7 Å². The molecule has 0 amide bonds. The molecule has 2 heterocycles. The van der Waals surface area contributed by atoms with Crippen LogP contribution in [0.1, 0.15) is 6.92 Å². The van der Waals surface area contributed by atoms with Crippen LogP contribution in [0.4, 0.5) is 0 Å². The highest BCUT2D eigenvalue weighted by Gasteiger charge is 2.35. The van der Waals surface area contributed by atoms with Crippen LogP contribution < -0.4 is 0 Å². The van der Waals surface area contributed by atoms with Gasteiger partial charge >= 0.3 is 0 Å². The second-order valence-electron chi connectivity index (χ2n) is 4.15. The molecule has 0 spiro atoms. The van der Waals surface area contributed by atoms with Crippen LogP contribution in [0, 0.1) is 0 Å². The van der Waals surface area contributed by atoms with E-state index >= 15 is 0 Å². The Bertz CT molecular complexity index is 522. The van der Waals surface area contributed by atoms with E-state index in [0.29, 0.717) is 4.75 Å². The summed E-state index contributed by atoms with van der Waals surface area (Å²) in [6, 6.07) is 8.38. The largest absolute Gasteiger partial charge is 0.317 e. The summed E-state index contributed by atoms with van der Waals surface area (Å²) < 4.78 is 3.83. The van der Waals surface area contributed by atoms with Gasteiger partial charge in [0.05, 0.1) is 11.0 Å². The van der Waals surface area contributed by atoms with E-state index in [-0.39, 0.29) is 0 Å². The van der Waals surface area contributed by atoms with Crippen molar-refractivity contribution in [2.45, 2.75) is 23.4 Å². The molecule has 78 valence electrons. The zero-order chi connectivity index (χ0) is 10.5. The Hall–Kier alpha value is -0.230. The predicted molar refractivity (Wildman–Crippen MR) is 72.9 cm³/mol. The third kappa shape index (κ3) is 1.49. The van der Waals surface area contributed by atoms with Crippen LogP contribution in [0.5, 0.6) is 0 Å². The van der Waals surface area contributed by atoms with Crippen molar-refractivity contribution in [3.8, 4) is 0 Å². The van der Waals surface area contributed by atoms with Crippen LogP contribution in [0.2, 0.25) is 0 Å². The lowest BCUT2D eigenvalue weighted by atomic mass is 10.2. The monoisotopic (exact) mass is 330 g/mol. The van der Waals surface area contributed by atoms with Gasteiger partial charge in [-0.1, -0.05) is 46.5 Å². The van der Waals surface area contributed by atoms with Gasteiger partial charge in [-0.2, -0.15) is 0 Å². The van der Waals surface area contributed by atoms with Gasteiger partial charge in [0.25, 0.3) is 0 Å². The first-order valence-electron chi connectivity index (χ1n) is 4.92. The first-order valence-corrected chi connectivity index (χ1v) is 7.26. The second-order valence-corrected chi connectivity index (χ2v) is 6.47. The summed E-state index contributed by atoms with van der Waals surface area (Å²) in [6.07, 6.45) is 0. The number of aromatic nitrogens is 2. The molecule has 1 unspecified atom stereocenters. The van der Waals surface area contributed by atoms with E-state index < -0.39 is 0 Å². The Kier molecular flexibility index (Phi) is 2.24. The van der Waals surface area contributed by atoms with Gasteiger partial charge in [-0.3, -0.25) is 0 Å². The van der Waals surface area contributed by atoms with Crippen molar-refractivity contribution >= 4 is 45.4 Å². The smallest absolute Gasteiger partial charge is 0.169 e. The fourth-order valence-electron chi connectivity index (χ4n) is 1.94. The molecule has 1 aromatic carbocycles. The summed E-state index contributed by atoms with van der Waals surface area (Å²) in [5.41, 5.74) is 2.39. The third-order valence-electron chi connectivity index (χ3n) is 2.73. The van der Waals surface area contributed by atoms with E-state index in [1.54, 1.807) is 0 Å². The lowest BCUT2D eigenvalue weighted by Gasteiger charge is -2.17. The highest BCUT2D eigenvalue weighted by molar-refractivity contribution is 14.1. The van der Waals surface area contributed by atoms with Crippen LogP contribution >= 0.6 is 34.4 Å². The molecule has 4 heteroatoms. The molecule has 0 radical (unpaired) electrons. The summed E-state index contributed by atoms with van der Waals surface area (Å²) in [5, 5.41) is 1.18. The van der Waals surface area contributed by atoms with Crippen molar-refractivity contribution in [2.75, 3.05) is 4.43 Å². The molecule has 0 saturated heterocycles. The highest BCUT2D eigenvalue weighted by Crippen LogP contribution is 2.43. The Labute approximate surface area is 107 Å². The van der Waals surface area contributed by atoms with Crippen molar-refractivity contribution in [2.24, 2.45) is 0 Å². The van der Waals surface area contributed by atoms with Gasteiger partial charge in [-0.25, -0.2) is 4.98 Å². The molecule has 15 heavy (non-hydrogen) atoms. The number of alkyl halides is 1. The average molecular weight is 330 g/mol. The normalized spacial score (nSPS) is 24.7. The predicted octanol–water partition coefficient (Wildman–Crippen LogP) is 3.34. The van der Waals surface area contributed by atoms with Crippen molar-refractivity contribution in [1.82, 2.24) is 9.55 Å². The SMILES string of the molecule is CC1(CI)Cn2c(nc3ccccc32)S1. The minimum Gasteiger partial charge on any atom is -0.317 e. The van der Waals surface area contributed by atoms with Gasteiger partial charge in [-0.05, 0) is 19.1 Å². The van der Waals surface area contributed by atoms with Gasteiger partial charge in [0.15, 0.2) is 5.16 Å². The van der Waals surface area contributed by atoms with Crippen LogP contribution in [0.3, 0.4) is 0 Å². The number of nitrogens with zero attached hydrogens (tertiary/aromatic N) is 2. The first kappa shape index (κ1) is 9.96.